The van der Waals surface area contributed by atoms with Crippen LogP contribution in [0.15, 0.2) is 0 Å². The van der Waals surface area contributed by atoms with E-state index in [1.54, 1.807) is 0 Å². The lowest BCUT2D eigenvalue weighted by atomic mass is 9.49. The first-order chi connectivity index (χ1) is 10.5. The summed E-state index contributed by atoms with van der Waals surface area (Å²) < 4.78 is 0. The molecule has 120 valence electrons. The van der Waals surface area contributed by atoms with Crippen LogP contribution in [0.5, 0.6) is 0 Å². The van der Waals surface area contributed by atoms with Gasteiger partial charge in [-0.2, -0.15) is 0 Å². The van der Waals surface area contributed by atoms with Crippen LogP contribution in [0.2, 0.25) is 0 Å². The predicted octanol–water partition coefficient (Wildman–Crippen LogP) is 3.57. The Balaban J connectivity index is 1.61. The first-order valence-corrected chi connectivity index (χ1v) is 9.20. The number of carbonyl (C=O) groups is 1. The van der Waals surface area contributed by atoms with Gasteiger partial charge in [-0.15, -0.1) is 6.42 Å². The van der Waals surface area contributed by atoms with E-state index in [1.165, 1.54) is 19.3 Å². The minimum absolute atomic E-state index is 0.0831. The van der Waals surface area contributed by atoms with Crippen LogP contribution in [0.25, 0.3) is 0 Å². The van der Waals surface area contributed by atoms with Crippen LogP contribution in [0.3, 0.4) is 0 Å². The topological polar surface area (TPSA) is 37.3 Å². The first kappa shape index (κ1) is 14.8. The predicted molar refractivity (Wildman–Crippen MR) is 85.9 cm³/mol. The second-order valence-electron chi connectivity index (χ2n) is 8.72. The zero-order chi connectivity index (χ0) is 15.5. The maximum absolute atomic E-state index is 11.8. The molecule has 0 saturated heterocycles. The summed E-state index contributed by atoms with van der Waals surface area (Å²) in [5, 5.41) is 10.9. The van der Waals surface area contributed by atoms with E-state index in [-0.39, 0.29) is 5.41 Å². The summed E-state index contributed by atoms with van der Waals surface area (Å²) in [6.45, 7) is 2.25. The molecule has 4 saturated carbocycles. The number of aliphatic hydroxyl groups is 1. The van der Waals surface area contributed by atoms with E-state index in [0.717, 1.165) is 56.3 Å². The molecule has 2 heteroatoms. The highest BCUT2D eigenvalue weighted by Crippen LogP contribution is 2.65. The molecule has 0 amide bonds. The Morgan fingerprint density at radius 2 is 1.91 bits per heavy atom. The molecule has 0 heterocycles. The van der Waals surface area contributed by atoms with Crippen LogP contribution in [0.1, 0.15) is 64.7 Å². The lowest BCUT2D eigenvalue weighted by molar-refractivity contribution is -0.130. The highest BCUT2D eigenvalue weighted by atomic mass is 16.3. The van der Waals surface area contributed by atoms with Crippen molar-refractivity contribution in [1.82, 2.24) is 0 Å². The van der Waals surface area contributed by atoms with Gasteiger partial charge in [0.25, 0.3) is 0 Å². The Hall–Kier alpha value is -0.810. The number of hydrogen-bond acceptors (Lipinski definition) is 2. The summed E-state index contributed by atoms with van der Waals surface area (Å²) in [4.78, 5) is 11.8. The zero-order valence-electron chi connectivity index (χ0n) is 13.7. The number of Topliss-reactive ketones (excluding diaryl/α,β-unsaturated/α-hetero) is 1. The van der Waals surface area contributed by atoms with Gasteiger partial charge in [0.15, 0.2) is 0 Å². The van der Waals surface area contributed by atoms with Crippen molar-refractivity contribution >= 4 is 5.78 Å². The van der Waals surface area contributed by atoms with Crippen molar-refractivity contribution in [3.63, 3.8) is 0 Å². The molecule has 0 bridgehead atoms. The molecular weight excluding hydrogens is 272 g/mol. The number of rotatable bonds is 0. The molecule has 0 unspecified atom stereocenters. The fourth-order valence-corrected chi connectivity index (χ4v) is 6.91. The van der Waals surface area contributed by atoms with Crippen LogP contribution >= 0.6 is 0 Å². The maximum Gasteiger partial charge on any atom is 0.133 e. The Morgan fingerprint density at radius 3 is 2.68 bits per heavy atom. The van der Waals surface area contributed by atoms with Crippen molar-refractivity contribution in [2.24, 2.45) is 35.0 Å². The van der Waals surface area contributed by atoms with E-state index in [9.17, 15) is 9.90 Å². The van der Waals surface area contributed by atoms with Gasteiger partial charge in [-0.25, -0.2) is 0 Å². The SMILES string of the molecule is C#C[C@]1(O)CC[C@@H]2[C@@H]3CC[C@@H]4CC(=O)CC[C@H]4[C@@H]3CC[C@@]21C. The second kappa shape index (κ2) is 4.84. The van der Waals surface area contributed by atoms with Crippen LogP contribution in [0, 0.1) is 47.3 Å². The fraction of sp³-hybridized carbons (Fsp3) is 0.850. The normalized spacial score (nSPS) is 54.0. The molecule has 7 atom stereocenters. The number of fused-ring (bicyclic) bond motifs is 5. The Labute approximate surface area is 134 Å². The van der Waals surface area contributed by atoms with E-state index in [4.69, 9.17) is 6.42 Å². The van der Waals surface area contributed by atoms with Crippen molar-refractivity contribution in [2.75, 3.05) is 0 Å². The number of carbonyl (C=O) groups excluding carboxylic acids is 1. The molecule has 4 fully saturated rings. The highest BCUT2D eigenvalue weighted by molar-refractivity contribution is 5.79. The largest absolute Gasteiger partial charge is 0.377 e. The standard InChI is InChI=1S/C20H28O2/c1-3-20(22)11-9-18-17-6-4-13-12-14(21)5-7-15(13)16(17)8-10-19(18,20)2/h1,13,15-18,22H,4-12H2,2H3/t13-,15-,16+,17-,18-,19+,20+/m1/s1. The third-order valence-corrected chi connectivity index (χ3v) is 8.16. The van der Waals surface area contributed by atoms with Gasteiger partial charge in [0.05, 0.1) is 0 Å². The molecule has 0 aliphatic heterocycles. The summed E-state index contributed by atoms with van der Waals surface area (Å²) in [6, 6.07) is 0. The minimum Gasteiger partial charge on any atom is -0.377 e. The summed E-state index contributed by atoms with van der Waals surface area (Å²) in [5.74, 6) is 6.76. The molecule has 2 nitrogen and oxygen atoms in total. The second-order valence-corrected chi connectivity index (χ2v) is 8.72. The van der Waals surface area contributed by atoms with Gasteiger partial charge in [0.1, 0.15) is 11.4 Å². The molecule has 0 radical (unpaired) electrons. The quantitative estimate of drug-likeness (QED) is 0.694. The molecule has 4 aliphatic carbocycles. The van der Waals surface area contributed by atoms with E-state index in [2.05, 4.69) is 12.8 Å². The van der Waals surface area contributed by atoms with Crippen LogP contribution in [0.4, 0.5) is 0 Å². The summed E-state index contributed by atoms with van der Waals surface area (Å²) in [6.07, 6.45) is 15.1. The molecule has 22 heavy (non-hydrogen) atoms. The molecule has 1 N–H and O–H groups in total. The van der Waals surface area contributed by atoms with Crippen molar-refractivity contribution in [1.29, 1.82) is 0 Å². The molecule has 4 rings (SSSR count). The van der Waals surface area contributed by atoms with Gasteiger partial charge < -0.3 is 5.11 Å². The lowest BCUT2D eigenvalue weighted by Gasteiger charge is -2.56. The average Bonchev–Trinajstić information content (AvgIpc) is 2.79. The van der Waals surface area contributed by atoms with Crippen molar-refractivity contribution < 1.29 is 9.90 Å². The van der Waals surface area contributed by atoms with Crippen molar-refractivity contribution in [3.05, 3.63) is 0 Å². The summed E-state index contributed by atoms with van der Waals surface area (Å²) in [7, 11) is 0. The van der Waals surface area contributed by atoms with Crippen molar-refractivity contribution in [3.8, 4) is 12.3 Å². The van der Waals surface area contributed by atoms with Gasteiger partial charge in [0.2, 0.25) is 0 Å². The molecule has 0 aromatic heterocycles. The molecule has 0 aromatic rings. The maximum atomic E-state index is 11.8. The van der Waals surface area contributed by atoms with Crippen LogP contribution < -0.4 is 0 Å². The zero-order valence-corrected chi connectivity index (χ0v) is 13.7. The van der Waals surface area contributed by atoms with Gasteiger partial charge in [0, 0.05) is 18.3 Å². The Kier molecular flexibility index (Phi) is 3.25. The lowest BCUT2D eigenvalue weighted by Crippen LogP contribution is -2.53. The first-order valence-electron chi connectivity index (χ1n) is 9.20. The minimum atomic E-state index is -0.887. The van der Waals surface area contributed by atoms with E-state index >= 15 is 0 Å². The number of terminal acetylenes is 1. The van der Waals surface area contributed by atoms with Gasteiger partial charge in [-0.05, 0) is 74.5 Å². The van der Waals surface area contributed by atoms with Gasteiger partial charge in [-0.3, -0.25) is 4.79 Å². The van der Waals surface area contributed by atoms with Gasteiger partial charge in [-0.1, -0.05) is 12.8 Å². The van der Waals surface area contributed by atoms with E-state index in [1.807, 2.05) is 0 Å². The van der Waals surface area contributed by atoms with E-state index < -0.39 is 5.60 Å². The number of hydrogen-bond donors (Lipinski definition) is 1. The van der Waals surface area contributed by atoms with E-state index in [0.29, 0.717) is 17.6 Å². The monoisotopic (exact) mass is 300 g/mol. The molecule has 0 spiro atoms. The van der Waals surface area contributed by atoms with Crippen molar-refractivity contribution in [2.45, 2.75) is 70.3 Å². The summed E-state index contributed by atoms with van der Waals surface area (Å²) >= 11 is 0. The third kappa shape index (κ3) is 1.81. The Bertz CT molecular complexity index is 532. The highest BCUT2D eigenvalue weighted by Gasteiger charge is 2.62. The molecule has 4 aliphatic rings. The third-order valence-electron chi connectivity index (χ3n) is 8.16. The van der Waals surface area contributed by atoms with Gasteiger partial charge >= 0.3 is 0 Å². The summed E-state index contributed by atoms with van der Waals surface area (Å²) in [5.41, 5.74) is -0.970. The van der Waals surface area contributed by atoms with Crippen LogP contribution in [-0.2, 0) is 4.79 Å². The molecule has 0 aromatic carbocycles. The smallest absolute Gasteiger partial charge is 0.133 e. The van der Waals surface area contributed by atoms with Crippen LogP contribution in [-0.4, -0.2) is 16.5 Å². The Morgan fingerprint density at radius 1 is 1.09 bits per heavy atom. The molecular formula is C20H28O2. The average molecular weight is 300 g/mol. The number of ketones is 1. The fourth-order valence-electron chi connectivity index (χ4n) is 6.91.